The molecule has 2 aliphatic heterocycles. The second-order valence-corrected chi connectivity index (χ2v) is 7.68. The number of nitrogens with one attached hydrogen (secondary N) is 1. The van der Waals surface area contributed by atoms with Crippen molar-refractivity contribution in [2.24, 2.45) is 0 Å². The molecular formula is C21H22N6. The predicted octanol–water partition coefficient (Wildman–Crippen LogP) is 2.92. The van der Waals surface area contributed by atoms with E-state index in [0.717, 1.165) is 42.6 Å². The first-order chi connectivity index (χ1) is 13.2. The molecule has 27 heavy (non-hydrogen) atoms. The first-order valence-electron chi connectivity index (χ1n) is 9.51. The first kappa shape index (κ1) is 16.3. The molecule has 0 radical (unpaired) electrons. The van der Waals surface area contributed by atoms with Crippen molar-refractivity contribution < 1.29 is 0 Å². The van der Waals surface area contributed by atoms with Gasteiger partial charge in [-0.3, -0.25) is 9.67 Å². The minimum Gasteiger partial charge on any atom is -0.363 e. The summed E-state index contributed by atoms with van der Waals surface area (Å²) >= 11 is 0. The summed E-state index contributed by atoms with van der Waals surface area (Å²) < 4.78 is 2.23. The molecular weight excluding hydrogens is 336 g/mol. The third-order valence-corrected chi connectivity index (χ3v) is 5.78. The molecule has 1 N–H and O–H groups in total. The summed E-state index contributed by atoms with van der Waals surface area (Å²) in [4.78, 5) is 6.88. The number of pyridine rings is 1. The Morgan fingerprint density at radius 3 is 3.00 bits per heavy atom. The van der Waals surface area contributed by atoms with E-state index < -0.39 is 0 Å². The smallest absolute Gasteiger partial charge is 0.101 e. The largest absolute Gasteiger partial charge is 0.363 e. The second-order valence-electron chi connectivity index (χ2n) is 7.68. The molecule has 0 saturated carbocycles. The van der Waals surface area contributed by atoms with Crippen LogP contribution in [0.3, 0.4) is 0 Å². The summed E-state index contributed by atoms with van der Waals surface area (Å²) in [6, 6.07) is 11.0. The van der Waals surface area contributed by atoms with Gasteiger partial charge in [-0.25, -0.2) is 0 Å². The third-order valence-electron chi connectivity index (χ3n) is 5.78. The zero-order valence-corrected chi connectivity index (χ0v) is 15.6. The van der Waals surface area contributed by atoms with Crippen LogP contribution in [0.25, 0.3) is 10.9 Å². The van der Waals surface area contributed by atoms with E-state index in [1.807, 2.05) is 12.1 Å². The predicted molar refractivity (Wildman–Crippen MR) is 104 cm³/mol. The quantitative estimate of drug-likeness (QED) is 0.724. The molecule has 4 heterocycles. The number of hydrogen-bond donors (Lipinski definition) is 1. The lowest BCUT2D eigenvalue weighted by Crippen LogP contribution is -2.37. The van der Waals surface area contributed by atoms with Crippen molar-refractivity contribution >= 4 is 16.6 Å². The van der Waals surface area contributed by atoms with Crippen molar-refractivity contribution in [2.75, 3.05) is 11.4 Å². The summed E-state index contributed by atoms with van der Waals surface area (Å²) in [5, 5.41) is 18.9. The van der Waals surface area contributed by atoms with Gasteiger partial charge in [0, 0.05) is 42.0 Å². The van der Waals surface area contributed by atoms with E-state index in [0.29, 0.717) is 17.6 Å². The molecule has 0 unspecified atom stereocenters. The molecule has 136 valence electrons. The van der Waals surface area contributed by atoms with Gasteiger partial charge < -0.3 is 10.2 Å². The van der Waals surface area contributed by atoms with Gasteiger partial charge in [0.1, 0.15) is 6.07 Å². The van der Waals surface area contributed by atoms with E-state index in [2.05, 4.69) is 51.9 Å². The van der Waals surface area contributed by atoms with E-state index in [9.17, 15) is 5.26 Å². The van der Waals surface area contributed by atoms with Crippen molar-refractivity contribution in [1.82, 2.24) is 20.1 Å². The van der Waals surface area contributed by atoms with Crippen LogP contribution in [0.2, 0.25) is 0 Å². The van der Waals surface area contributed by atoms with E-state index >= 15 is 0 Å². The highest BCUT2D eigenvalue weighted by Crippen LogP contribution is 2.35. The molecule has 2 aromatic heterocycles. The van der Waals surface area contributed by atoms with Crippen LogP contribution in [-0.2, 0) is 19.5 Å². The highest BCUT2D eigenvalue weighted by atomic mass is 15.4. The van der Waals surface area contributed by atoms with E-state index in [-0.39, 0.29) is 0 Å². The Labute approximate surface area is 158 Å². The lowest BCUT2D eigenvalue weighted by Gasteiger charge is -2.35. The van der Waals surface area contributed by atoms with Crippen LogP contribution in [0.15, 0.2) is 30.5 Å². The van der Waals surface area contributed by atoms with Gasteiger partial charge in [0.25, 0.3) is 0 Å². The molecule has 0 spiro atoms. The average Bonchev–Trinajstić information content (AvgIpc) is 3.05. The maximum Gasteiger partial charge on any atom is 0.101 e. The molecule has 6 nitrogen and oxygen atoms in total. The minimum atomic E-state index is 0.303. The molecule has 2 atom stereocenters. The zero-order valence-electron chi connectivity index (χ0n) is 15.6. The highest BCUT2D eigenvalue weighted by molar-refractivity contribution is 5.95. The Morgan fingerprint density at radius 1 is 1.26 bits per heavy atom. The summed E-state index contributed by atoms with van der Waals surface area (Å²) in [7, 11) is 0. The minimum absolute atomic E-state index is 0.303. The number of hydrogen-bond acceptors (Lipinski definition) is 5. The normalized spacial score (nSPS) is 21.6. The molecule has 0 bridgehead atoms. The van der Waals surface area contributed by atoms with E-state index in [1.54, 1.807) is 6.20 Å². The maximum atomic E-state index is 9.42. The van der Waals surface area contributed by atoms with Crippen LogP contribution in [0.1, 0.15) is 42.4 Å². The van der Waals surface area contributed by atoms with Crippen molar-refractivity contribution in [3.63, 3.8) is 0 Å². The standard InChI is InChI=1S/C21H22N6/c1-13-8-17-18(10-24-13)25-27-14(2)11-26(12-20(17)27)19-6-5-15(9-22)21-16(19)4-3-7-23-21/h3-7,13-14,24H,8,10-12H2,1-2H3/t13-,14+/m0/s1. The lowest BCUT2D eigenvalue weighted by atomic mass is 9.98. The van der Waals surface area contributed by atoms with Crippen molar-refractivity contribution in [1.29, 1.82) is 5.26 Å². The summed E-state index contributed by atoms with van der Waals surface area (Å²) in [5.41, 5.74) is 6.49. The maximum absolute atomic E-state index is 9.42. The fourth-order valence-corrected chi connectivity index (χ4v) is 4.46. The fourth-order valence-electron chi connectivity index (χ4n) is 4.46. The lowest BCUT2D eigenvalue weighted by molar-refractivity contribution is 0.424. The van der Waals surface area contributed by atoms with Gasteiger partial charge in [0.15, 0.2) is 0 Å². The first-order valence-corrected chi connectivity index (χ1v) is 9.51. The third kappa shape index (κ3) is 2.50. The Morgan fingerprint density at radius 2 is 2.15 bits per heavy atom. The second kappa shape index (κ2) is 6.07. The fraction of sp³-hybridized carbons (Fsp3) is 0.381. The summed E-state index contributed by atoms with van der Waals surface area (Å²) in [6.45, 7) is 7.06. The monoisotopic (exact) mass is 358 g/mol. The van der Waals surface area contributed by atoms with Gasteiger partial charge in [0.05, 0.1) is 35.1 Å². The molecule has 1 aromatic carbocycles. The van der Waals surface area contributed by atoms with Crippen molar-refractivity contribution in [3.8, 4) is 6.07 Å². The van der Waals surface area contributed by atoms with Crippen LogP contribution >= 0.6 is 0 Å². The number of fused-ring (bicyclic) bond motifs is 4. The van der Waals surface area contributed by atoms with Crippen molar-refractivity contribution in [2.45, 2.75) is 45.4 Å². The Balaban J connectivity index is 1.61. The van der Waals surface area contributed by atoms with E-state index in [4.69, 9.17) is 5.10 Å². The number of nitriles is 1. The van der Waals surface area contributed by atoms with Crippen LogP contribution in [-0.4, -0.2) is 27.4 Å². The SMILES string of the molecule is C[C@@H]1CN(c2ccc(C#N)c3ncccc23)Cc2c3c(nn21)CN[C@@H](C)C3. The van der Waals surface area contributed by atoms with Crippen LogP contribution in [0.4, 0.5) is 5.69 Å². The number of anilines is 1. The Bertz CT molecular complexity index is 1080. The van der Waals surface area contributed by atoms with Gasteiger partial charge in [0.2, 0.25) is 0 Å². The Kier molecular flexibility index (Phi) is 3.66. The number of aromatic nitrogens is 3. The summed E-state index contributed by atoms with van der Waals surface area (Å²) in [6.07, 6.45) is 2.78. The number of nitrogens with zero attached hydrogens (tertiary/aromatic N) is 5. The van der Waals surface area contributed by atoms with Gasteiger partial charge in [-0.15, -0.1) is 0 Å². The zero-order chi connectivity index (χ0) is 18.5. The Hall–Kier alpha value is -2.91. The highest BCUT2D eigenvalue weighted by Gasteiger charge is 2.31. The van der Waals surface area contributed by atoms with E-state index in [1.165, 1.54) is 17.0 Å². The topological polar surface area (TPSA) is 69.8 Å². The number of rotatable bonds is 1. The summed E-state index contributed by atoms with van der Waals surface area (Å²) in [5.74, 6) is 0. The molecule has 6 heteroatoms. The molecule has 5 rings (SSSR count). The van der Waals surface area contributed by atoms with Gasteiger partial charge >= 0.3 is 0 Å². The van der Waals surface area contributed by atoms with Gasteiger partial charge in [-0.1, -0.05) is 0 Å². The molecule has 0 saturated heterocycles. The van der Waals surface area contributed by atoms with Gasteiger partial charge in [-0.2, -0.15) is 10.4 Å². The van der Waals surface area contributed by atoms with Crippen LogP contribution in [0, 0.1) is 11.3 Å². The van der Waals surface area contributed by atoms with Crippen LogP contribution < -0.4 is 10.2 Å². The molecule has 0 aliphatic carbocycles. The van der Waals surface area contributed by atoms with Crippen LogP contribution in [0.5, 0.6) is 0 Å². The molecule has 0 fully saturated rings. The average molecular weight is 358 g/mol. The number of benzene rings is 1. The molecule has 2 aliphatic rings. The van der Waals surface area contributed by atoms with Crippen molar-refractivity contribution in [3.05, 3.63) is 53.0 Å². The molecule has 3 aromatic rings. The van der Waals surface area contributed by atoms with Gasteiger partial charge in [-0.05, 0) is 44.5 Å². The molecule has 0 amide bonds.